The molecule has 29 heavy (non-hydrogen) atoms. The number of para-hydroxylation sites is 1. The van der Waals surface area contributed by atoms with E-state index >= 15 is 0 Å². The van der Waals surface area contributed by atoms with E-state index in [-0.39, 0.29) is 29.0 Å². The molecule has 3 aromatic rings. The van der Waals surface area contributed by atoms with Crippen LogP contribution in [0.15, 0.2) is 64.2 Å². The SMILES string of the molecule is O=C(NCc1ccccc1)C1CCC(Cn2c(=O)[nH]c3ccccc3c2=O)CC1. The van der Waals surface area contributed by atoms with E-state index in [0.29, 0.717) is 24.0 Å². The predicted molar refractivity (Wildman–Crippen MR) is 113 cm³/mol. The first-order valence-corrected chi connectivity index (χ1v) is 10.2. The number of benzene rings is 2. The molecule has 0 bridgehead atoms. The van der Waals surface area contributed by atoms with Crippen molar-refractivity contribution in [3.05, 3.63) is 81.0 Å². The van der Waals surface area contributed by atoms with Crippen molar-refractivity contribution >= 4 is 16.8 Å². The van der Waals surface area contributed by atoms with Gasteiger partial charge >= 0.3 is 5.69 Å². The first kappa shape index (κ1) is 19.2. The lowest BCUT2D eigenvalue weighted by Gasteiger charge is -2.28. The molecule has 0 radical (unpaired) electrons. The highest BCUT2D eigenvalue weighted by atomic mass is 16.2. The van der Waals surface area contributed by atoms with Crippen LogP contribution < -0.4 is 16.6 Å². The lowest BCUT2D eigenvalue weighted by atomic mass is 9.81. The van der Waals surface area contributed by atoms with Crippen molar-refractivity contribution in [1.82, 2.24) is 14.9 Å². The molecule has 1 aromatic heterocycles. The molecule has 150 valence electrons. The van der Waals surface area contributed by atoms with Crippen LogP contribution in [0.4, 0.5) is 0 Å². The third-order valence-corrected chi connectivity index (χ3v) is 5.86. The lowest BCUT2D eigenvalue weighted by Crippen LogP contribution is -2.39. The van der Waals surface area contributed by atoms with Gasteiger partial charge in [-0.15, -0.1) is 0 Å². The molecule has 0 aliphatic heterocycles. The maximum atomic E-state index is 12.7. The fourth-order valence-electron chi connectivity index (χ4n) is 4.16. The minimum absolute atomic E-state index is 0.00146. The molecule has 0 unspecified atom stereocenters. The van der Waals surface area contributed by atoms with E-state index in [1.807, 2.05) is 30.3 Å². The number of carbonyl (C=O) groups is 1. The third-order valence-electron chi connectivity index (χ3n) is 5.86. The Bertz CT molecular complexity index is 1110. The van der Waals surface area contributed by atoms with Gasteiger partial charge in [0.25, 0.3) is 5.56 Å². The van der Waals surface area contributed by atoms with Crippen LogP contribution in [0, 0.1) is 11.8 Å². The number of hydrogen-bond donors (Lipinski definition) is 2. The predicted octanol–water partition coefficient (Wildman–Crippen LogP) is 2.81. The van der Waals surface area contributed by atoms with Gasteiger partial charge in [0.05, 0.1) is 10.9 Å². The number of nitrogens with zero attached hydrogens (tertiary/aromatic N) is 1. The van der Waals surface area contributed by atoms with Crippen LogP contribution >= 0.6 is 0 Å². The maximum Gasteiger partial charge on any atom is 0.328 e. The maximum absolute atomic E-state index is 12.7. The Morgan fingerprint density at radius 1 is 0.966 bits per heavy atom. The summed E-state index contributed by atoms with van der Waals surface area (Å²) in [5.41, 5.74) is 1.05. The molecule has 1 fully saturated rings. The van der Waals surface area contributed by atoms with Gasteiger partial charge in [-0.2, -0.15) is 0 Å². The summed E-state index contributed by atoms with van der Waals surface area (Å²) in [7, 11) is 0. The molecule has 0 spiro atoms. The minimum atomic E-state index is -0.364. The van der Waals surface area contributed by atoms with Crippen LogP contribution in [0.25, 0.3) is 10.9 Å². The number of amides is 1. The van der Waals surface area contributed by atoms with E-state index in [1.165, 1.54) is 4.57 Å². The highest BCUT2D eigenvalue weighted by Gasteiger charge is 2.27. The van der Waals surface area contributed by atoms with E-state index < -0.39 is 0 Å². The number of aromatic nitrogens is 2. The van der Waals surface area contributed by atoms with Gasteiger partial charge in [0.15, 0.2) is 0 Å². The summed E-state index contributed by atoms with van der Waals surface area (Å²) in [6, 6.07) is 16.9. The van der Waals surface area contributed by atoms with E-state index in [1.54, 1.807) is 24.3 Å². The first-order valence-electron chi connectivity index (χ1n) is 10.2. The Kier molecular flexibility index (Phi) is 5.60. The van der Waals surface area contributed by atoms with Crippen LogP contribution in [0.2, 0.25) is 0 Å². The summed E-state index contributed by atoms with van der Waals surface area (Å²) in [6.07, 6.45) is 3.24. The summed E-state index contributed by atoms with van der Waals surface area (Å²) in [4.78, 5) is 40.3. The second-order valence-corrected chi connectivity index (χ2v) is 7.81. The molecule has 6 nitrogen and oxygen atoms in total. The van der Waals surface area contributed by atoms with Gasteiger partial charge < -0.3 is 10.3 Å². The molecule has 1 aliphatic carbocycles. The summed E-state index contributed by atoms with van der Waals surface area (Å²) in [5, 5.41) is 3.55. The van der Waals surface area contributed by atoms with Crippen molar-refractivity contribution in [3.8, 4) is 0 Å². The van der Waals surface area contributed by atoms with Crippen molar-refractivity contribution in [1.29, 1.82) is 0 Å². The van der Waals surface area contributed by atoms with E-state index in [2.05, 4.69) is 10.3 Å². The zero-order chi connectivity index (χ0) is 20.2. The topological polar surface area (TPSA) is 84.0 Å². The van der Waals surface area contributed by atoms with Gasteiger partial charge in [-0.05, 0) is 49.3 Å². The summed E-state index contributed by atoms with van der Waals surface area (Å²) in [6.45, 7) is 0.943. The zero-order valence-corrected chi connectivity index (χ0v) is 16.3. The normalized spacial score (nSPS) is 19.2. The highest BCUT2D eigenvalue weighted by molar-refractivity contribution is 5.78. The van der Waals surface area contributed by atoms with Crippen molar-refractivity contribution in [2.45, 2.75) is 38.8 Å². The molecular weight excluding hydrogens is 366 g/mol. The van der Waals surface area contributed by atoms with Gasteiger partial charge in [-0.25, -0.2) is 4.79 Å². The number of fused-ring (bicyclic) bond motifs is 1. The van der Waals surface area contributed by atoms with Crippen LogP contribution in [0.3, 0.4) is 0 Å². The molecule has 1 aliphatic rings. The third kappa shape index (κ3) is 4.31. The summed E-state index contributed by atoms with van der Waals surface area (Å²) >= 11 is 0. The largest absolute Gasteiger partial charge is 0.352 e. The van der Waals surface area contributed by atoms with Gasteiger partial charge in [0.2, 0.25) is 5.91 Å². The molecular formula is C23H25N3O3. The lowest BCUT2D eigenvalue weighted by molar-refractivity contribution is -0.126. The Labute approximate surface area is 168 Å². The van der Waals surface area contributed by atoms with Crippen molar-refractivity contribution in [3.63, 3.8) is 0 Å². The van der Waals surface area contributed by atoms with Crippen LogP contribution in [0.5, 0.6) is 0 Å². The van der Waals surface area contributed by atoms with Gasteiger partial charge in [0, 0.05) is 19.0 Å². The fraction of sp³-hybridized carbons (Fsp3) is 0.348. The number of hydrogen-bond acceptors (Lipinski definition) is 3. The Hall–Kier alpha value is -3.15. The Balaban J connectivity index is 1.36. The average molecular weight is 391 g/mol. The highest BCUT2D eigenvalue weighted by Crippen LogP contribution is 2.29. The molecule has 1 amide bonds. The standard InChI is InChI=1S/C23H25N3O3/c27-21(24-14-16-6-2-1-3-7-16)18-12-10-17(11-13-18)15-26-22(28)19-8-4-5-9-20(19)25-23(26)29/h1-9,17-18H,10-15H2,(H,24,27)(H,25,29). The molecule has 2 aromatic carbocycles. The van der Waals surface area contributed by atoms with Crippen molar-refractivity contribution in [2.24, 2.45) is 11.8 Å². The Morgan fingerprint density at radius 2 is 1.66 bits per heavy atom. The number of H-pyrrole nitrogens is 1. The quantitative estimate of drug-likeness (QED) is 0.701. The van der Waals surface area contributed by atoms with Gasteiger partial charge in [-0.3, -0.25) is 14.2 Å². The van der Waals surface area contributed by atoms with E-state index in [9.17, 15) is 14.4 Å². The van der Waals surface area contributed by atoms with Gasteiger partial charge in [0.1, 0.15) is 0 Å². The number of nitrogens with one attached hydrogen (secondary N) is 2. The number of carbonyl (C=O) groups excluding carboxylic acids is 1. The Morgan fingerprint density at radius 3 is 2.41 bits per heavy atom. The van der Waals surface area contributed by atoms with Crippen molar-refractivity contribution < 1.29 is 4.79 Å². The molecule has 0 atom stereocenters. The minimum Gasteiger partial charge on any atom is -0.352 e. The molecule has 4 rings (SSSR count). The fourth-order valence-corrected chi connectivity index (χ4v) is 4.16. The summed E-state index contributed by atoms with van der Waals surface area (Å²) < 4.78 is 1.31. The number of rotatable bonds is 5. The van der Waals surface area contributed by atoms with E-state index in [4.69, 9.17) is 0 Å². The second-order valence-electron chi connectivity index (χ2n) is 7.81. The van der Waals surface area contributed by atoms with Crippen LogP contribution in [0.1, 0.15) is 31.2 Å². The first-order chi connectivity index (χ1) is 14.1. The molecule has 1 saturated carbocycles. The monoisotopic (exact) mass is 391 g/mol. The van der Waals surface area contributed by atoms with Crippen molar-refractivity contribution in [2.75, 3.05) is 0 Å². The zero-order valence-electron chi connectivity index (χ0n) is 16.3. The molecule has 2 N–H and O–H groups in total. The molecule has 0 saturated heterocycles. The molecule has 1 heterocycles. The number of aromatic amines is 1. The van der Waals surface area contributed by atoms with Crippen LogP contribution in [-0.4, -0.2) is 15.5 Å². The summed E-state index contributed by atoms with van der Waals surface area (Å²) in [5.74, 6) is 0.322. The van der Waals surface area contributed by atoms with Gasteiger partial charge in [-0.1, -0.05) is 42.5 Å². The van der Waals surface area contributed by atoms with E-state index in [0.717, 1.165) is 31.2 Å². The smallest absolute Gasteiger partial charge is 0.328 e. The average Bonchev–Trinajstić information content (AvgIpc) is 2.76. The second kappa shape index (κ2) is 8.47. The van der Waals surface area contributed by atoms with Crippen LogP contribution in [-0.2, 0) is 17.9 Å². The molecule has 6 heteroatoms.